The van der Waals surface area contributed by atoms with Crippen LogP contribution in [0.3, 0.4) is 0 Å². The summed E-state index contributed by atoms with van der Waals surface area (Å²) in [7, 11) is 2.73. The molecule has 92 heavy (non-hydrogen) atoms. The average molecular weight is 1240 g/mol. The van der Waals surface area contributed by atoms with Crippen LogP contribution in [0.25, 0.3) is 0 Å². The number of carbonyl (C=O) groups is 4. The van der Waals surface area contributed by atoms with Crippen molar-refractivity contribution in [3.8, 4) is 23.0 Å². The molecular weight excluding hydrogens is 1150 g/mol. The molecule has 0 aromatic heterocycles. The summed E-state index contributed by atoms with van der Waals surface area (Å²) >= 11 is 0. The number of hydrogen-bond donors (Lipinski definition) is 0. The topological polar surface area (TPSA) is 137 Å². The largest absolute Gasteiger partial charge is 0.456 e. The average Bonchev–Trinajstić information content (AvgIpc) is 1.43. The molecule has 474 valence electrons. The molecule has 14 nitrogen and oxygen atoms in total. The van der Waals surface area contributed by atoms with Gasteiger partial charge in [0.2, 0.25) is 0 Å². The van der Waals surface area contributed by atoms with Gasteiger partial charge in [0.15, 0.2) is 11.2 Å². The third-order valence-corrected chi connectivity index (χ3v) is 19.3. The highest BCUT2D eigenvalue weighted by molar-refractivity contribution is 6.01. The predicted molar refractivity (Wildman–Crippen MR) is 362 cm³/mol. The van der Waals surface area contributed by atoms with Crippen LogP contribution in [-0.2, 0) is 35.6 Å². The fraction of sp³-hybridized carbons (Fsp3) is 0.333. The molecular formula is C78H82N4O10. The summed E-state index contributed by atoms with van der Waals surface area (Å²) in [6.45, 7) is 20.6. The van der Waals surface area contributed by atoms with Gasteiger partial charge >= 0.3 is 24.1 Å². The van der Waals surface area contributed by atoms with Crippen LogP contribution in [0, 0.1) is 13.8 Å². The third-order valence-electron chi connectivity index (χ3n) is 19.3. The summed E-state index contributed by atoms with van der Waals surface area (Å²) < 4.78 is 38.2. The van der Waals surface area contributed by atoms with E-state index in [-0.39, 0.29) is 0 Å². The first-order valence-electron chi connectivity index (χ1n) is 32.7. The fourth-order valence-electron chi connectivity index (χ4n) is 14.0. The first-order chi connectivity index (χ1) is 44.6. The number of rotatable bonds is 21. The molecule has 2 atom stereocenters. The number of benzene rings is 8. The maximum atomic E-state index is 14.3. The van der Waals surface area contributed by atoms with Crippen molar-refractivity contribution in [1.29, 1.82) is 0 Å². The first-order valence-corrected chi connectivity index (χ1v) is 32.7. The Kier molecular flexibility index (Phi) is 17.4. The molecule has 0 bridgehead atoms. The minimum Gasteiger partial charge on any atom is -0.456 e. The normalized spacial score (nSPS) is 16.7. The van der Waals surface area contributed by atoms with Gasteiger partial charge in [0, 0.05) is 88.5 Å². The van der Waals surface area contributed by atoms with Crippen molar-refractivity contribution >= 4 is 58.2 Å². The Morgan fingerprint density at radius 3 is 1.13 bits per heavy atom. The highest BCUT2D eigenvalue weighted by atomic mass is 16.6. The number of carbonyl (C=O) groups excluding carboxylic acids is 4. The van der Waals surface area contributed by atoms with Crippen LogP contribution < -0.4 is 29.1 Å². The Balaban J connectivity index is 0.878. The monoisotopic (exact) mass is 1230 g/mol. The number of fused-ring (bicyclic) bond motifs is 12. The van der Waals surface area contributed by atoms with E-state index in [0.29, 0.717) is 96.7 Å². The molecule has 0 fully saturated rings. The number of esters is 2. The van der Waals surface area contributed by atoms with Crippen molar-refractivity contribution in [2.24, 2.45) is 0 Å². The smallest absolute Gasteiger partial charge is 0.418 e. The molecule has 4 aliphatic heterocycles. The summed E-state index contributed by atoms with van der Waals surface area (Å²) in [5.74, 6) is 1.35. The van der Waals surface area contributed by atoms with Crippen LogP contribution in [0.1, 0.15) is 176 Å². The van der Waals surface area contributed by atoms with Crippen molar-refractivity contribution in [3.63, 3.8) is 0 Å². The number of unbranched alkanes of at least 4 members (excludes halogenated alkanes) is 4. The van der Waals surface area contributed by atoms with Gasteiger partial charge in [-0.3, -0.25) is 0 Å². The summed E-state index contributed by atoms with van der Waals surface area (Å²) in [5, 5.41) is 0. The van der Waals surface area contributed by atoms with Crippen LogP contribution in [0.2, 0.25) is 0 Å². The quantitative estimate of drug-likeness (QED) is 0.0500. The van der Waals surface area contributed by atoms with E-state index in [2.05, 4.69) is 75.6 Å². The van der Waals surface area contributed by atoms with Crippen LogP contribution in [0.5, 0.6) is 23.0 Å². The Morgan fingerprint density at radius 1 is 0.435 bits per heavy atom. The number of nitrogens with zero attached hydrogens (tertiary/aromatic N) is 4. The van der Waals surface area contributed by atoms with Gasteiger partial charge < -0.3 is 38.2 Å². The van der Waals surface area contributed by atoms with E-state index in [1.807, 2.05) is 135 Å². The summed E-state index contributed by atoms with van der Waals surface area (Å²) in [6, 6.07) is 50.8. The number of hydrogen-bond acceptors (Lipinski definition) is 12. The molecule has 0 saturated carbocycles. The molecule has 2 spiro atoms. The van der Waals surface area contributed by atoms with Gasteiger partial charge in [-0.25, -0.2) is 29.0 Å². The van der Waals surface area contributed by atoms with Crippen LogP contribution in [0.4, 0.5) is 43.7 Å². The number of amides is 2. The number of aryl methyl sites for hydroxylation is 2. The molecule has 8 aromatic carbocycles. The zero-order valence-corrected chi connectivity index (χ0v) is 54.6. The molecule has 8 aromatic rings. The zero-order valence-electron chi connectivity index (χ0n) is 54.6. The maximum absolute atomic E-state index is 14.3. The Bertz CT molecular complexity index is 3870. The molecule has 12 rings (SSSR count). The molecule has 0 saturated heterocycles. The first kappa shape index (κ1) is 62.6. The van der Waals surface area contributed by atoms with Crippen molar-refractivity contribution in [1.82, 2.24) is 0 Å². The summed E-state index contributed by atoms with van der Waals surface area (Å²) in [6.07, 6.45) is 7.97. The Morgan fingerprint density at radius 2 is 0.783 bits per heavy atom. The molecule has 0 N–H and O–H groups in total. The molecule has 2 amide bonds. The van der Waals surface area contributed by atoms with E-state index in [1.165, 1.54) is 14.2 Å². The highest BCUT2D eigenvalue weighted by Crippen LogP contribution is 2.60. The predicted octanol–water partition coefficient (Wildman–Crippen LogP) is 18.8. The summed E-state index contributed by atoms with van der Waals surface area (Å²) in [5.41, 5.74) is 9.23. The standard InChI is InChI=1S/C78H82N4O10/c1-11-16-40-79(41-17-12-2)56-36-38-62-70(46-56)89-68-44-50(6)66(48-64(68)77(62)60-26-22-20-24-58(60)72(83)91-77)81(74(85)87-9)54-32-28-52(29-33-54)76(8,15-5)53-30-34-55(35-31-53)82(75(86)88-10)67-49-65-69(45-51(67)7)90-71-47-57(80(42-18-13-3)43-19-14-4)37-39-63(71)78(65)61-27-23-21-25-59(61)73(84)92-78/h20-39,44-49H,11-19,40-43H2,1-10H3. The van der Waals surface area contributed by atoms with Crippen LogP contribution in [-0.4, -0.2) is 64.5 Å². The molecule has 0 aliphatic carbocycles. The number of ether oxygens (including phenoxy) is 6. The second-order valence-corrected chi connectivity index (χ2v) is 24.8. The third kappa shape index (κ3) is 10.5. The van der Waals surface area contributed by atoms with Gasteiger partial charge in [-0.05, 0) is 153 Å². The lowest BCUT2D eigenvalue weighted by atomic mass is 9.74. The van der Waals surface area contributed by atoms with Gasteiger partial charge in [-0.2, -0.15) is 0 Å². The minimum absolute atomic E-state index is 0.445. The van der Waals surface area contributed by atoms with Gasteiger partial charge in [-0.1, -0.05) is 128 Å². The van der Waals surface area contributed by atoms with Crippen LogP contribution >= 0.6 is 0 Å². The molecule has 4 heterocycles. The number of anilines is 6. The SMILES string of the molecule is CCCCN(CCCC)c1ccc2c(c1)Oc1cc(C)c(N(C(=O)OC)c3ccc(C(C)(CC)c4ccc(N(C(=O)OC)c5cc6c(cc5C)Oc5cc(N(CCCC)CCCC)ccc5C65OC(=O)c6ccccc65)cc4)cc3)cc1C21OC(=O)c2ccccc21. The Hall–Kier alpha value is -9.56. The van der Waals surface area contributed by atoms with E-state index in [9.17, 15) is 19.2 Å². The number of methoxy groups -OCH3 is 2. The van der Waals surface area contributed by atoms with E-state index in [1.54, 1.807) is 21.9 Å². The van der Waals surface area contributed by atoms with Gasteiger partial charge in [0.1, 0.15) is 23.0 Å². The fourth-order valence-corrected chi connectivity index (χ4v) is 14.0. The molecule has 4 aliphatic rings. The van der Waals surface area contributed by atoms with Crippen LogP contribution in [0.15, 0.2) is 158 Å². The van der Waals surface area contributed by atoms with Gasteiger partial charge in [0.25, 0.3) is 0 Å². The van der Waals surface area contributed by atoms with Crippen molar-refractivity contribution in [3.05, 3.63) is 224 Å². The van der Waals surface area contributed by atoms with E-state index >= 15 is 0 Å². The lowest BCUT2D eigenvalue weighted by Gasteiger charge is -2.38. The maximum Gasteiger partial charge on any atom is 0.418 e. The Labute approximate surface area is 540 Å². The van der Waals surface area contributed by atoms with E-state index in [4.69, 9.17) is 28.4 Å². The van der Waals surface area contributed by atoms with E-state index < -0.39 is 40.7 Å². The second kappa shape index (κ2) is 25.6. The van der Waals surface area contributed by atoms with Gasteiger partial charge in [0.05, 0.1) is 48.1 Å². The highest BCUT2D eigenvalue weighted by Gasteiger charge is 2.56. The molecule has 2 unspecified atom stereocenters. The van der Waals surface area contributed by atoms with E-state index in [0.717, 1.165) is 111 Å². The van der Waals surface area contributed by atoms with Crippen molar-refractivity contribution in [2.45, 2.75) is 130 Å². The lowest BCUT2D eigenvalue weighted by molar-refractivity contribution is 0.0214. The zero-order chi connectivity index (χ0) is 64.6. The molecule has 14 heteroatoms. The van der Waals surface area contributed by atoms with Gasteiger partial charge in [-0.15, -0.1) is 0 Å². The second-order valence-electron chi connectivity index (χ2n) is 24.8. The lowest BCUT2D eigenvalue weighted by Crippen LogP contribution is -2.34. The summed E-state index contributed by atoms with van der Waals surface area (Å²) in [4.78, 5) is 64.7. The molecule has 0 radical (unpaired) electrons. The minimum atomic E-state index is -1.38. The van der Waals surface area contributed by atoms with Crippen molar-refractivity contribution in [2.75, 3.05) is 60.0 Å². The van der Waals surface area contributed by atoms with Crippen molar-refractivity contribution < 1.29 is 47.6 Å².